The second-order valence-corrected chi connectivity index (χ2v) is 7.23. The number of allylic oxidation sites excluding steroid dienone is 1. The molecule has 2 amide bonds. The minimum atomic E-state index is 0.0393. The predicted molar refractivity (Wildman–Crippen MR) is 99.1 cm³/mol. The van der Waals surface area contributed by atoms with E-state index in [4.69, 9.17) is 4.74 Å². The molecule has 3 heterocycles. The van der Waals surface area contributed by atoms with Crippen LogP contribution in [-0.4, -0.2) is 60.0 Å². The first-order chi connectivity index (χ1) is 12.8. The van der Waals surface area contributed by atoms with Crippen LogP contribution in [0.15, 0.2) is 18.2 Å². The molecule has 0 aromatic carbocycles. The van der Waals surface area contributed by atoms with Gasteiger partial charge in [0.1, 0.15) is 0 Å². The van der Waals surface area contributed by atoms with Crippen LogP contribution in [0.5, 0.6) is 0 Å². The average molecular weight is 357 g/mol. The summed E-state index contributed by atoms with van der Waals surface area (Å²) in [7, 11) is 0. The molecule has 3 aliphatic rings. The maximum absolute atomic E-state index is 12.6. The van der Waals surface area contributed by atoms with Crippen molar-refractivity contribution in [3.05, 3.63) is 29.5 Å². The zero-order valence-corrected chi connectivity index (χ0v) is 15.2. The molecular weight excluding hydrogens is 330 g/mol. The van der Waals surface area contributed by atoms with E-state index in [0.717, 1.165) is 75.5 Å². The molecule has 0 saturated carbocycles. The minimum Gasteiger partial charge on any atom is -0.380 e. The molecule has 26 heavy (non-hydrogen) atoms. The number of hydrogen-bond acceptors (Lipinski definition) is 5. The van der Waals surface area contributed by atoms with Gasteiger partial charge in [0.05, 0.1) is 12.3 Å². The standard InChI is InChI=1S/C19H27N5O2/c25-19(20-16-5-2-1-3-6-16)24-9-7-17-15(14-24)13-18(22-21-17)23-8-4-11-26-12-10-23/h1-2,13,16H,3-12,14H2,(H,20,25). The Bertz CT molecular complexity index is 670. The Labute approximate surface area is 154 Å². The molecule has 1 unspecified atom stereocenters. The lowest BCUT2D eigenvalue weighted by molar-refractivity contribution is 0.152. The molecular formula is C19H27N5O2. The van der Waals surface area contributed by atoms with Gasteiger partial charge in [-0.15, -0.1) is 5.10 Å². The second-order valence-electron chi connectivity index (χ2n) is 7.23. The summed E-state index contributed by atoms with van der Waals surface area (Å²) < 4.78 is 5.52. The van der Waals surface area contributed by atoms with Crippen LogP contribution in [0.4, 0.5) is 10.6 Å². The van der Waals surface area contributed by atoms with Crippen LogP contribution in [-0.2, 0) is 17.7 Å². The van der Waals surface area contributed by atoms with Gasteiger partial charge in [-0.25, -0.2) is 4.79 Å². The first-order valence-corrected chi connectivity index (χ1v) is 9.68. The molecule has 1 atom stereocenters. The molecule has 7 heteroatoms. The average Bonchev–Trinajstić information content (AvgIpc) is 2.97. The fourth-order valence-corrected chi connectivity index (χ4v) is 3.81. The van der Waals surface area contributed by atoms with Crippen LogP contribution in [0.1, 0.15) is 36.9 Å². The molecule has 7 nitrogen and oxygen atoms in total. The lowest BCUT2D eigenvalue weighted by Gasteiger charge is -2.31. The topological polar surface area (TPSA) is 70.6 Å². The van der Waals surface area contributed by atoms with E-state index in [0.29, 0.717) is 13.1 Å². The quantitative estimate of drug-likeness (QED) is 0.819. The number of rotatable bonds is 2. The van der Waals surface area contributed by atoms with Crippen molar-refractivity contribution in [3.8, 4) is 0 Å². The van der Waals surface area contributed by atoms with Gasteiger partial charge in [0.2, 0.25) is 0 Å². The second kappa shape index (κ2) is 8.03. The van der Waals surface area contributed by atoms with E-state index >= 15 is 0 Å². The maximum Gasteiger partial charge on any atom is 0.317 e. The number of carbonyl (C=O) groups excluding carboxylic acids is 1. The number of nitrogens with zero attached hydrogens (tertiary/aromatic N) is 4. The molecule has 1 aromatic heterocycles. The van der Waals surface area contributed by atoms with Gasteiger partial charge in [-0.1, -0.05) is 12.2 Å². The van der Waals surface area contributed by atoms with Crippen LogP contribution in [0.25, 0.3) is 0 Å². The number of amides is 2. The largest absolute Gasteiger partial charge is 0.380 e. The number of anilines is 1. The Kier molecular flexibility index (Phi) is 5.34. The van der Waals surface area contributed by atoms with Crippen LogP contribution >= 0.6 is 0 Å². The van der Waals surface area contributed by atoms with Gasteiger partial charge < -0.3 is 19.9 Å². The highest BCUT2D eigenvalue weighted by Gasteiger charge is 2.25. The van der Waals surface area contributed by atoms with Crippen molar-refractivity contribution >= 4 is 11.8 Å². The molecule has 0 radical (unpaired) electrons. The van der Waals surface area contributed by atoms with Crippen molar-refractivity contribution < 1.29 is 9.53 Å². The highest BCUT2D eigenvalue weighted by atomic mass is 16.5. The van der Waals surface area contributed by atoms with Gasteiger partial charge in [0.15, 0.2) is 5.82 Å². The molecule has 0 spiro atoms. The van der Waals surface area contributed by atoms with Gasteiger partial charge in [-0.05, 0) is 37.3 Å². The molecule has 4 rings (SSSR count). The summed E-state index contributed by atoms with van der Waals surface area (Å²) >= 11 is 0. The van der Waals surface area contributed by atoms with Crippen molar-refractivity contribution in [2.24, 2.45) is 0 Å². The number of aromatic nitrogens is 2. The molecule has 1 fully saturated rings. The third kappa shape index (κ3) is 3.98. The Morgan fingerprint density at radius 2 is 2.15 bits per heavy atom. The minimum absolute atomic E-state index is 0.0393. The molecule has 1 aromatic rings. The predicted octanol–water partition coefficient (Wildman–Crippen LogP) is 1.88. The van der Waals surface area contributed by atoms with Gasteiger partial charge in [-0.2, -0.15) is 5.10 Å². The number of hydrogen-bond donors (Lipinski definition) is 1. The Morgan fingerprint density at radius 3 is 3.04 bits per heavy atom. The zero-order chi connectivity index (χ0) is 17.8. The molecule has 1 N–H and O–H groups in total. The van der Waals surface area contributed by atoms with Gasteiger partial charge in [0.25, 0.3) is 0 Å². The summed E-state index contributed by atoms with van der Waals surface area (Å²) in [4.78, 5) is 16.8. The first kappa shape index (κ1) is 17.3. The van der Waals surface area contributed by atoms with E-state index in [2.05, 4.69) is 38.6 Å². The molecule has 0 bridgehead atoms. The van der Waals surface area contributed by atoms with E-state index in [1.165, 1.54) is 0 Å². The normalized spacial score (nSPS) is 23.3. The maximum atomic E-state index is 12.6. The first-order valence-electron chi connectivity index (χ1n) is 9.68. The highest BCUT2D eigenvalue weighted by molar-refractivity contribution is 5.75. The molecule has 1 saturated heterocycles. The number of ether oxygens (including phenoxy) is 1. The van der Waals surface area contributed by atoms with Crippen molar-refractivity contribution in [1.82, 2.24) is 20.4 Å². The molecule has 2 aliphatic heterocycles. The van der Waals surface area contributed by atoms with Crippen molar-refractivity contribution in [2.45, 2.75) is 44.7 Å². The number of urea groups is 1. The SMILES string of the molecule is O=C(NC1CC=CCC1)N1CCc2nnc(N3CCCOCC3)cc2C1. The van der Waals surface area contributed by atoms with E-state index in [-0.39, 0.29) is 12.1 Å². The number of fused-ring (bicyclic) bond motifs is 1. The third-order valence-electron chi connectivity index (χ3n) is 5.36. The fourth-order valence-electron chi connectivity index (χ4n) is 3.81. The fraction of sp³-hybridized carbons (Fsp3) is 0.632. The Hall–Kier alpha value is -2.15. The monoisotopic (exact) mass is 357 g/mol. The van der Waals surface area contributed by atoms with Crippen LogP contribution < -0.4 is 10.2 Å². The van der Waals surface area contributed by atoms with Crippen molar-refractivity contribution in [2.75, 3.05) is 37.7 Å². The zero-order valence-electron chi connectivity index (χ0n) is 15.2. The Balaban J connectivity index is 1.42. The van der Waals surface area contributed by atoms with Crippen LogP contribution in [0.3, 0.4) is 0 Å². The van der Waals surface area contributed by atoms with Gasteiger partial charge in [-0.3, -0.25) is 0 Å². The molecule has 140 valence electrons. The summed E-state index contributed by atoms with van der Waals surface area (Å²) in [5, 5.41) is 12.0. The van der Waals surface area contributed by atoms with E-state index in [1.807, 2.05) is 4.90 Å². The highest BCUT2D eigenvalue weighted by Crippen LogP contribution is 2.22. The lowest BCUT2D eigenvalue weighted by atomic mass is 10.0. The smallest absolute Gasteiger partial charge is 0.317 e. The summed E-state index contributed by atoms with van der Waals surface area (Å²) in [6.45, 7) is 4.62. The lowest BCUT2D eigenvalue weighted by Crippen LogP contribution is -2.47. The van der Waals surface area contributed by atoms with E-state index < -0.39 is 0 Å². The summed E-state index contributed by atoms with van der Waals surface area (Å²) in [6, 6.07) is 2.41. The summed E-state index contributed by atoms with van der Waals surface area (Å²) in [5.41, 5.74) is 2.13. The number of carbonyl (C=O) groups is 1. The molecule has 1 aliphatic carbocycles. The Morgan fingerprint density at radius 1 is 1.19 bits per heavy atom. The van der Waals surface area contributed by atoms with Gasteiger partial charge in [0, 0.05) is 45.2 Å². The van der Waals surface area contributed by atoms with Crippen molar-refractivity contribution in [3.63, 3.8) is 0 Å². The summed E-state index contributed by atoms with van der Waals surface area (Å²) in [6.07, 6.45) is 9.13. The van der Waals surface area contributed by atoms with E-state index in [9.17, 15) is 4.79 Å². The van der Waals surface area contributed by atoms with Crippen LogP contribution in [0, 0.1) is 0 Å². The summed E-state index contributed by atoms with van der Waals surface area (Å²) in [5.74, 6) is 0.897. The number of nitrogens with one attached hydrogen (secondary N) is 1. The van der Waals surface area contributed by atoms with Crippen molar-refractivity contribution in [1.29, 1.82) is 0 Å². The van der Waals surface area contributed by atoms with E-state index in [1.54, 1.807) is 0 Å². The third-order valence-corrected chi connectivity index (χ3v) is 5.36. The van der Waals surface area contributed by atoms with Crippen LogP contribution in [0.2, 0.25) is 0 Å². The van der Waals surface area contributed by atoms with Gasteiger partial charge >= 0.3 is 6.03 Å².